The van der Waals surface area contributed by atoms with Crippen LogP contribution in [-0.4, -0.2) is 43.0 Å². The third-order valence-electron chi connectivity index (χ3n) is 4.94. The molecule has 2 aliphatic heterocycles. The summed E-state index contributed by atoms with van der Waals surface area (Å²) >= 11 is 0. The van der Waals surface area contributed by atoms with Crippen LogP contribution in [0, 0.1) is 5.92 Å². The molecule has 1 aromatic carbocycles. The minimum Gasteiger partial charge on any atom is -0.497 e. The smallest absolute Gasteiger partial charge is 0.228 e. The van der Waals surface area contributed by atoms with Gasteiger partial charge >= 0.3 is 0 Å². The molecule has 2 saturated heterocycles. The van der Waals surface area contributed by atoms with E-state index >= 15 is 0 Å². The first kappa shape index (κ1) is 15.8. The number of hydrogen-bond acceptors (Lipinski definition) is 3. The molecule has 0 radical (unpaired) electrons. The van der Waals surface area contributed by atoms with Crippen LogP contribution in [0.5, 0.6) is 5.75 Å². The van der Waals surface area contributed by atoms with Crippen LogP contribution >= 0.6 is 0 Å². The Morgan fingerprint density at radius 2 is 1.96 bits per heavy atom. The van der Waals surface area contributed by atoms with Crippen molar-refractivity contribution in [3.05, 3.63) is 24.3 Å². The summed E-state index contributed by atoms with van der Waals surface area (Å²) in [5.74, 6) is 0.708. The quantitative estimate of drug-likeness (QED) is 0.860. The summed E-state index contributed by atoms with van der Waals surface area (Å²) < 4.78 is 5.14. The van der Waals surface area contributed by atoms with Crippen molar-refractivity contribution in [1.82, 2.24) is 4.90 Å². The fourth-order valence-electron chi connectivity index (χ4n) is 3.54. The summed E-state index contributed by atoms with van der Waals surface area (Å²) in [6, 6.07) is 7.70. The topological polar surface area (TPSA) is 49.9 Å². The van der Waals surface area contributed by atoms with Crippen molar-refractivity contribution in [2.24, 2.45) is 5.92 Å². The van der Waals surface area contributed by atoms with E-state index < -0.39 is 0 Å². The maximum atomic E-state index is 12.8. The molecular formula is C18H24N2O3. The molecule has 3 rings (SSSR count). The van der Waals surface area contributed by atoms with E-state index in [4.69, 9.17) is 4.74 Å². The van der Waals surface area contributed by atoms with Gasteiger partial charge in [0.25, 0.3) is 0 Å². The van der Waals surface area contributed by atoms with Crippen LogP contribution in [0.3, 0.4) is 0 Å². The molecule has 0 N–H and O–H groups in total. The second-order valence-electron chi connectivity index (χ2n) is 6.48. The lowest BCUT2D eigenvalue weighted by atomic mass is 9.99. The van der Waals surface area contributed by atoms with Gasteiger partial charge in [0.2, 0.25) is 11.8 Å². The number of carbonyl (C=O) groups is 2. The molecule has 5 heteroatoms. The molecule has 0 bridgehead atoms. The molecular weight excluding hydrogens is 292 g/mol. The van der Waals surface area contributed by atoms with Gasteiger partial charge in [-0.2, -0.15) is 0 Å². The summed E-state index contributed by atoms with van der Waals surface area (Å²) in [5.41, 5.74) is 0.831. The van der Waals surface area contributed by atoms with Gasteiger partial charge in [-0.25, -0.2) is 0 Å². The average molecular weight is 316 g/mol. The van der Waals surface area contributed by atoms with Crippen LogP contribution in [0.25, 0.3) is 0 Å². The molecule has 124 valence electrons. The Labute approximate surface area is 137 Å². The number of ether oxygens (including phenoxy) is 1. The zero-order chi connectivity index (χ0) is 16.4. The lowest BCUT2D eigenvalue weighted by molar-refractivity contribution is -0.139. The van der Waals surface area contributed by atoms with Crippen LogP contribution in [0.1, 0.15) is 32.6 Å². The van der Waals surface area contributed by atoms with Crippen molar-refractivity contribution >= 4 is 17.5 Å². The van der Waals surface area contributed by atoms with Gasteiger partial charge in [-0.3, -0.25) is 9.59 Å². The number of nitrogens with zero attached hydrogens (tertiary/aromatic N) is 2. The van der Waals surface area contributed by atoms with E-state index in [0.29, 0.717) is 19.0 Å². The first-order chi connectivity index (χ1) is 11.1. The molecule has 2 aliphatic rings. The van der Waals surface area contributed by atoms with Crippen molar-refractivity contribution in [2.45, 2.75) is 38.6 Å². The molecule has 2 atom stereocenters. The van der Waals surface area contributed by atoms with Crippen molar-refractivity contribution in [1.29, 1.82) is 0 Å². The Balaban J connectivity index is 1.70. The summed E-state index contributed by atoms with van der Waals surface area (Å²) in [6.07, 6.45) is 3.63. The molecule has 1 aromatic rings. The Bertz CT molecular complexity index is 584. The average Bonchev–Trinajstić information content (AvgIpc) is 2.96. The minimum atomic E-state index is -0.217. The van der Waals surface area contributed by atoms with Crippen molar-refractivity contribution in [3.63, 3.8) is 0 Å². The molecule has 2 heterocycles. The third kappa shape index (κ3) is 3.19. The highest BCUT2D eigenvalue weighted by Crippen LogP contribution is 2.29. The molecule has 2 unspecified atom stereocenters. The molecule has 2 amide bonds. The maximum Gasteiger partial charge on any atom is 0.228 e. The fraction of sp³-hybridized carbons (Fsp3) is 0.556. The summed E-state index contributed by atoms with van der Waals surface area (Å²) in [5, 5.41) is 0. The van der Waals surface area contributed by atoms with Gasteiger partial charge in [0.05, 0.1) is 13.0 Å². The fourth-order valence-corrected chi connectivity index (χ4v) is 3.54. The van der Waals surface area contributed by atoms with Crippen molar-refractivity contribution in [2.75, 3.05) is 25.1 Å². The molecule has 23 heavy (non-hydrogen) atoms. The van der Waals surface area contributed by atoms with E-state index in [1.807, 2.05) is 29.2 Å². The maximum absolute atomic E-state index is 12.8. The summed E-state index contributed by atoms with van der Waals surface area (Å²) in [6.45, 7) is 3.41. The Morgan fingerprint density at radius 1 is 1.22 bits per heavy atom. The third-order valence-corrected chi connectivity index (χ3v) is 4.94. The number of methoxy groups -OCH3 is 1. The van der Waals surface area contributed by atoms with Gasteiger partial charge in [0.1, 0.15) is 5.75 Å². The number of hydrogen-bond donors (Lipinski definition) is 0. The zero-order valence-corrected chi connectivity index (χ0v) is 13.8. The van der Waals surface area contributed by atoms with Gasteiger partial charge in [0, 0.05) is 31.2 Å². The van der Waals surface area contributed by atoms with E-state index in [1.54, 1.807) is 12.0 Å². The van der Waals surface area contributed by atoms with Crippen LogP contribution in [0.2, 0.25) is 0 Å². The van der Waals surface area contributed by atoms with E-state index in [1.165, 1.54) is 6.42 Å². The highest BCUT2D eigenvalue weighted by Gasteiger charge is 2.38. The zero-order valence-electron chi connectivity index (χ0n) is 13.8. The van der Waals surface area contributed by atoms with E-state index in [-0.39, 0.29) is 17.7 Å². The van der Waals surface area contributed by atoms with Crippen LogP contribution in [0.15, 0.2) is 24.3 Å². The standard InChI is InChI=1S/C18H24N2O3/c1-13-5-3-4-10-19(13)18(22)14-11-17(21)20(12-14)15-6-8-16(23-2)9-7-15/h6-9,13-14H,3-5,10-12H2,1-2H3. The Morgan fingerprint density at radius 3 is 2.61 bits per heavy atom. The predicted molar refractivity (Wildman–Crippen MR) is 88.5 cm³/mol. The molecule has 0 saturated carbocycles. The van der Waals surface area contributed by atoms with Gasteiger partial charge in [-0.1, -0.05) is 0 Å². The van der Waals surface area contributed by atoms with Crippen LogP contribution in [0.4, 0.5) is 5.69 Å². The first-order valence-corrected chi connectivity index (χ1v) is 8.35. The second kappa shape index (κ2) is 6.60. The van der Waals surface area contributed by atoms with Gasteiger partial charge < -0.3 is 14.5 Å². The normalized spacial score (nSPS) is 24.9. The Hall–Kier alpha value is -2.04. The lowest BCUT2D eigenvalue weighted by Crippen LogP contribution is -2.45. The highest BCUT2D eigenvalue weighted by atomic mass is 16.5. The number of benzene rings is 1. The first-order valence-electron chi connectivity index (χ1n) is 8.35. The monoisotopic (exact) mass is 316 g/mol. The minimum absolute atomic E-state index is 0.0261. The molecule has 2 fully saturated rings. The molecule has 0 spiro atoms. The Kier molecular flexibility index (Phi) is 4.55. The second-order valence-corrected chi connectivity index (χ2v) is 6.48. The van der Waals surface area contributed by atoms with E-state index in [0.717, 1.165) is 30.8 Å². The lowest BCUT2D eigenvalue weighted by Gasteiger charge is -2.35. The summed E-state index contributed by atoms with van der Waals surface area (Å²) in [7, 11) is 1.62. The van der Waals surface area contributed by atoms with Crippen LogP contribution in [-0.2, 0) is 9.59 Å². The van der Waals surface area contributed by atoms with Gasteiger partial charge in [0.15, 0.2) is 0 Å². The van der Waals surface area contributed by atoms with Crippen molar-refractivity contribution in [3.8, 4) is 5.75 Å². The van der Waals surface area contributed by atoms with Gasteiger partial charge in [-0.15, -0.1) is 0 Å². The predicted octanol–water partition coefficient (Wildman–Crippen LogP) is 2.45. The number of amides is 2. The SMILES string of the molecule is COc1ccc(N2CC(C(=O)N3CCCCC3C)CC2=O)cc1. The highest BCUT2D eigenvalue weighted by molar-refractivity contribution is 6.00. The number of anilines is 1. The molecule has 5 nitrogen and oxygen atoms in total. The van der Waals surface area contributed by atoms with E-state index in [2.05, 4.69) is 6.92 Å². The van der Waals surface area contributed by atoms with E-state index in [9.17, 15) is 9.59 Å². The van der Waals surface area contributed by atoms with Crippen molar-refractivity contribution < 1.29 is 14.3 Å². The number of likely N-dealkylation sites (tertiary alicyclic amines) is 1. The number of piperidine rings is 1. The van der Waals surface area contributed by atoms with Crippen LogP contribution < -0.4 is 9.64 Å². The molecule has 0 aliphatic carbocycles. The summed E-state index contributed by atoms with van der Waals surface area (Å²) in [4.78, 5) is 28.8. The largest absolute Gasteiger partial charge is 0.497 e. The number of carbonyl (C=O) groups excluding carboxylic acids is 2. The van der Waals surface area contributed by atoms with Gasteiger partial charge in [-0.05, 0) is 50.5 Å². The number of rotatable bonds is 3. The molecule has 0 aromatic heterocycles.